The zero-order valence-electron chi connectivity index (χ0n) is 8.29. The normalized spacial score (nSPS) is 10.3. The quantitative estimate of drug-likeness (QED) is 0.472. The molecule has 0 atom stereocenters. The average molecular weight is 257 g/mol. The summed E-state index contributed by atoms with van der Waals surface area (Å²) in [4.78, 5) is 11.2. The molecule has 1 aromatic rings. The van der Waals surface area contributed by atoms with Gasteiger partial charge in [-0.1, -0.05) is 41.9 Å². The van der Waals surface area contributed by atoms with Crippen LogP contribution in [-0.4, -0.2) is 5.97 Å². The summed E-state index contributed by atoms with van der Waals surface area (Å²) in [5.41, 5.74) is 1.16. The van der Waals surface area contributed by atoms with Crippen LogP contribution in [0.25, 0.3) is 0 Å². The predicted molar refractivity (Wildman–Crippen MR) is 59.5 cm³/mol. The minimum atomic E-state index is -0.198. The highest BCUT2D eigenvalue weighted by molar-refractivity contribution is 9.08. The fraction of sp³-hybridized carbons (Fsp3) is 0.364. The Kier molecular flexibility index (Phi) is 4.14. The Morgan fingerprint density at radius 2 is 1.93 bits per heavy atom. The number of ether oxygens (including phenoxy) is 1. The molecule has 0 heterocycles. The van der Waals surface area contributed by atoms with Crippen LogP contribution in [0.5, 0.6) is 5.75 Å². The topological polar surface area (TPSA) is 26.3 Å². The summed E-state index contributed by atoms with van der Waals surface area (Å²) in [6.07, 6.45) is 0. The molecule has 76 valence electrons. The first-order valence-corrected chi connectivity index (χ1v) is 5.62. The Labute approximate surface area is 92.4 Å². The Morgan fingerprint density at radius 1 is 1.36 bits per heavy atom. The largest absolute Gasteiger partial charge is 0.426 e. The lowest BCUT2D eigenvalue weighted by Gasteiger charge is -2.06. The lowest BCUT2D eigenvalue weighted by molar-refractivity contribution is -0.137. The van der Waals surface area contributed by atoms with Crippen LogP contribution in [0.1, 0.15) is 19.4 Å². The minimum Gasteiger partial charge on any atom is -0.426 e. The van der Waals surface area contributed by atoms with Gasteiger partial charge in [-0.3, -0.25) is 4.79 Å². The molecule has 0 saturated carbocycles. The number of alkyl halides is 1. The molecule has 0 fully saturated rings. The molecular formula is C11H13BrO2. The molecule has 14 heavy (non-hydrogen) atoms. The molecule has 0 unspecified atom stereocenters. The van der Waals surface area contributed by atoms with Crippen LogP contribution in [0.3, 0.4) is 0 Å². The lowest BCUT2D eigenvalue weighted by atomic mass is 10.2. The van der Waals surface area contributed by atoms with E-state index in [1.54, 1.807) is 12.1 Å². The van der Waals surface area contributed by atoms with E-state index in [0.29, 0.717) is 5.75 Å². The van der Waals surface area contributed by atoms with E-state index in [0.717, 1.165) is 10.9 Å². The molecule has 2 nitrogen and oxygen atoms in total. The molecule has 1 aromatic carbocycles. The first-order chi connectivity index (χ1) is 6.63. The lowest BCUT2D eigenvalue weighted by Crippen LogP contribution is -2.14. The van der Waals surface area contributed by atoms with Crippen molar-refractivity contribution in [3.8, 4) is 5.75 Å². The molecule has 0 aliphatic carbocycles. The van der Waals surface area contributed by atoms with Crippen LogP contribution in [-0.2, 0) is 10.1 Å². The predicted octanol–water partition coefficient (Wildman–Crippen LogP) is 3.14. The third-order valence-corrected chi connectivity index (χ3v) is 2.41. The maximum atomic E-state index is 11.2. The maximum Gasteiger partial charge on any atom is 0.313 e. The van der Waals surface area contributed by atoms with E-state index in [2.05, 4.69) is 15.9 Å². The third kappa shape index (κ3) is 3.14. The van der Waals surface area contributed by atoms with Gasteiger partial charge in [0.05, 0.1) is 5.92 Å². The molecule has 0 bridgehead atoms. The number of carbonyl (C=O) groups excluding carboxylic acids is 1. The van der Waals surface area contributed by atoms with Gasteiger partial charge in [-0.05, 0) is 17.7 Å². The highest BCUT2D eigenvalue weighted by Gasteiger charge is 2.08. The van der Waals surface area contributed by atoms with E-state index >= 15 is 0 Å². The third-order valence-electron chi connectivity index (χ3n) is 1.77. The summed E-state index contributed by atoms with van der Waals surface area (Å²) in [6.45, 7) is 3.63. The number of carbonyl (C=O) groups is 1. The minimum absolute atomic E-state index is 0.0918. The Morgan fingerprint density at radius 3 is 2.36 bits per heavy atom. The van der Waals surface area contributed by atoms with Gasteiger partial charge in [0, 0.05) is 5.33 Å². The number of benzene rings is 1. The first-order valence-electron chi connectivity index (χ1n) is 4.50. The second kappa shape index (κ2) is 5.15. The zero-order valence-corrected chi connectivity index (χ0v) is 9.87. The van der Waals surface area contributed by atoms with Crippen molar-refractivity contribution >= 4 is 21.9 Å². The second-order valence-electron chi connectivity index (χ2n) is 3.35. The van der Waals surface area contributed by atoms with Gasteiger partial charge in [-0.2, -0.15) is 0 Å². The van der Waals surface area contributed by atoms with Crippen molar-refractivity contribution in [2.45, 2.75) is 19.2 Å². The van der Waals surface area contributed by atoms with Crippen molar-refractivity contribution in [1.82, 2.24) is 0 Å². The molecule has 3 heteroatoms. The zero-order chi connectivity index (χ0) is 10.6. The molecule has 0 amide bonds. The number of esters is 1. The summed E-state index contributed by atoms with van der Waals surface area (Å²) in [5, 5.41) is 0.811. The SMILES string of the molecule is CC(C)C(=O)Oc1ccc(CBr)cc1. The average Bonchev–Trinajstić information content (AvgIpc) is 2.19. The molecule has 0 aliphatic heterocycles. The van der Waals surface area contributed by atoms with E-state index in [-0.39, 0.29) is 11.9 Å². The van der Waals surface area contributed by atoms with E-state index in [1.807, 2.05) is 26.0 Å². The first kappa shape index (κ1) is 11.2. The van der Waals surface area contributed by atoms with Gasteiger partial charge in [-0.25, -0.2) is 0 Å². The highest BCUT2D eigenvalue weighted by atomic mass is 79.9. The molecule has 0 spiro atoms. The van der Waals surface area contributed by atoms with Crippen LogP contribution in [0.2, 0.25) is 0 Å². The fourth-order valence-electron chi connectivity index (χ4n) is 0.881. The Balaban J connectivity index is 2.64. The Hall–Kier alpha value is -0.830. The maximum absolute atomic E-state index is 11.2. The van der Waals surface area contributed by atoms with E-state index < -0.39 is 0 Å². The van der Waals surface area contributed by atoms with Crippen LogP contribution in [0.15, 0.2) is 24.3 Å². The molecule has 1 rings (SSSR count). The number of halogens is 1. The van der Waals surface area contributed by atoms with Crippen molar-refractivity contribution < 1.29 is 9.53 Å². The standard InChI is InChI=1S/C11H13BrO2/c1-8(2)11(13)14-10-5-3-9(7-12)4-6-10/h3-6,8H,7H2,1-2H3. The molecule has 0 aliphatic rings. The van der Waals surface area contributed by atoms with Crippen molar-refractivity contribution in [1.29, 1.82) is 0 Å². The van der Waals surface area contributed by atoms with E-state index in [1.165, 1.54) is 0 Å². The summed E-state index contributed by atoms with van der Waals surface area (Å²) >= 11 is 3.35. The van der Waals surface area contributed by atoms with Gasteiger partial charge >= 0.3 is 5.97 Å². The van der Waals surface area contributed by atoms with Crippen LogP contribution >= 0.6 is 15.9 Å². The molecule has 0 aromatic heterocycles. The molecule has 0 saturated heterocycles. The smallest absolute Gasteiger partial charge is 0.313 e. The number of rotatable bonds is 3. The number of hydrogen-bond donors (Lipinski definition) is 0. The Bertz CT molecular complexity index is 304. The van der Waals surface area contributed by atoms with Crippen molar-refractivity contribution in [2.24, 2.45) is 5.92 Å². The van der Waals surface area contributed by atoms with Gasteiger partial charge in [0.15, 0.2) is 0 Å². The molecule has 0 radical (unpaired) electrons. The summed E-state index contributed by atoms with van der Waals surface area (Å²) < 4.78 is 5.12. The van der Waals surface area contributed by atoms with Gasteiger partial charge in [-0.15, -0.1) is 0 Å². The molecule has 0 N–H and O–H groups in total. The number of hydrogen-bond acceptors (Lipinski definition) is 2. The monoisotopic (exact) mass is 256 g/mol. The summed E-state index contributed by atoms with van der Waals surface area (Å²) in [5.74, 6) is 0.316. The fourth-order valence-corrected chi connectivity index (χ4v) is 1.25. The van der Waals surface area contributed by atoms with Gasteiger partial charge in [0.25, 0.3) is 0 Å². The van der Waals surface area contributed by atoms with Gasteiger partial charge < -0.3 is 4.74 Å². The summed E-state index contributed by atoms with van der Waals surface area (Å²) in [6, 6.07) is 7.46. The van der Waals surface area contributed by atoms with Crippen molar-refractivity contribution in [2.75, 3.05) is 0 Å². The highest BCUT2D eigenvalue weighted by Crippen LogP contribution is 2.15. The van der Waals surface area contributed by atoms with Gasteiger partial charge in [0.2, 0.25) is 0 Å². The van der Waals surface area contributed by atoms with Crippen molar-refractivity contribution in [3.63, 3.8) is 0 Å². The van der Waals surface area contributed by atoms with E-state index in [4.69, 9.17) is 4.74 Å². The van der Waals surface area contributed by atoms with Crippen LogP contribution in [0.4, 0.5) is 0 Å². The van der Waals surface area contributed by atoms with Crippen LogP contribution < -0.4 is 4.74 Å². The van der Waals surface area contributed by atoms with Crippen molar-refractivity contribution in [3.05, 3.63) is 29.8 Å². The molecular weight excluding hydrogens is 244 g/mol. The van der Waals surface area contributed by atoms with Gasteiger partial charge in [0.1, 0.15) is 5.75 Å². The summed E-state index contributed by atoms with van der Waals surface area (Å²) in [7, 11) is 0. The van der Waals surface area contributed by atoms with Crippen LogP contribution in [0, 0.1) is 5.92 Å². The second-order valence-corrected chi connectivity index (χ2v) is 3.91. The van der Waals surface area contributed by atoms with E-state index in [9.17, 15) is 4.79 Å².